The Bertz CT molecular complexity index is 1810. The van der Waals surface area contributed by atoms with Crippen LogP contribution in [0, 0.1) is 0 Å². The third-order valence-electron chi connectivity index (χ3n) is 7.79. The summed E-state index contributed by atoms with van der Waals surface area (Å²) in [7, 11) is 0. The van der Waals surface area contributed by atoms with Crippen LogP contribution in [0.4, 0.5) is 5.69 Å². The van der Waals surface area contributed by atoms with Gasteiger partial charge in [0, 0.05) is 42.4 Å². The molecule has 0 aliphatic rings. The van der Waals surface area contributed by atoms with Gasteiger partial charge in [0.15, 0.2) is 5.78 Å². The molecule has 0 fully saturated rings. The monoisotopic (exact) mass is 638 g/mol. The van der Waals surface area contributed by atoms with Gasteiger partial charge in [0.2, 0.25) is 5.91 Å². The minimum atomic E-state index is -1.02. The first kappa shape index (κ1) is 33.4. The molecular weight excluding hydrogens is 600 g/mol. The molecule has 0 radical (unpaired) electrons. The van der Waals surface area contributed by atoms with Crippen LogP contribution in [0.1, 0.15) is 39.0 Å². The quantitative estimate of drug-likeness (QED) is 0.0659. The molecule has 7 heteroatoms. The highest BCUT2D eigenvalue weighted by Crippen LogP contribution is 2.22. The number of ketones is 1. The number of amides is 1. The second-order valence-electron chi connectivity index (χ2n) is 11.3. The van der Waals surface area contributed by atoms with Crippen molar-refractivity contribution in [2.24, 2.45) is 0 Å². The van der Waals surface area contributed by atoms with Gasteiger partial charge in [-0.05, 0) is 53.5 Å². The predicted molar refractivity (Wildman–Crippen MR) is 189 cm³/mol. The fourth-order valence-electron chi connectivity index (χ4n) is 5.25. The first-order chi connectivity index (χ1) is 23.5. The Labute approximate surface area is 281 Å². The van der Waals surface area contributed by atoms with E-state index in [9.17, 15) is 19.5 Å². The van der Waals surface area contributed by atoms with E-state index in [1.54, 1.807) is 54.6 Å². The molecule has 0 bridgehead atoms. The number of nitrogens with one attached hydrogen (secondary N) is 1. The van der Waals surface area contributed by atoms with Gasteiger partial charge >= 0.3 is 5.97 Å². The van der Waals surface area contributed by atoms with E-state index in [1.807, 2.05) is 102 Å². The Kier molecular flexibility index (Phi) is 11.9. The summed E-state index contributed by atoms with van der Waals surface area (Å²) in [6, 6.07) is 41.8. The average Bonchev–Trinajstić information content (AvgIpc) is 3.13. The summed E-state index contributed by atoms with van der Waals surface area (Å²) in [5.74, 6) is -0.617. The number of carboxylic acid groups (broad SMARTS) is 1. The molecule has 0 spiro atoms. The van der Waals surface area contributed by atoms with E-state index in [1.165, 1.54) is 0 Å². The summed E-state index contributed by atoms with van der Waals surface area (Å²) in [5, 5.41) is 13.1. The Morgan fingerprint density at radius 2 is 1.35 bits per heavy atom. The standard InChI is InChI=1S/C41H38N2O5/c44-39(26-23-31-13-4-1-5-14-31)43(30-33-15-6-2-7-16-33)27-12-28-48-35-24-21-32(22-25-35)29-38(41(46)47)42-37-20-11-10-19-36(37)40(45)34-17-8-3-9-18-34/h1-11,13-26,38,42H,12,27-30H2,(H,46,47). The number of rotatable bonds is 16. The number of ether oxygens (including phenoxy) is 1. The van der Waals surface area contributed by atoms with Crippen molar-refractivity contribution in [2.75, 3.05) is 18.5 Å². The molecule has 5 aromatic rings. The van der Waals surface area contributed by atoms with E-state index in [4.69, 9.17) is 4.74 Å². The zero-order valence-corrected chi connectivity index (χ0v) is 26.6. The fraction of sp³-hybridized carbons (Fsp3) is 0.146. The number of para-hydroxylation sites is 1. The van der Waals surface area contributed by atoms with Gasteiger partial charge in [0.25, 0.3) is 0 Å². The number of nitrogens with zero attached hydrogens (tertiary/aromatic N) is 1. The molecule has 0 heterocycles. The SMILES string of the molecule is O=C(c1ccccc1)c1ccccc1NC(Cc1ccc(OCCCN(Cc2ccccc2)C(=O)C=Cc2ccccc2)cc1)C(=O)O. The lowest BCUT2D eigenvalue weighted by atomic mass is 10.00. The molecule has 242 valence electrons. The number of carboxylic acids is 1. The molecule has 0 saturated heterocycles. The van der Waals surface area contributed by atoms with Crippen molar-refractivity contribution in [3.63, 3.8) is 0 Å². The maximum Gasteiger partial charge on any atom is 0.326 e. The van der Waals surface area contributed by atoms with Gasteiger partial charge in [0.05, 0.1) is 6.61 Å². The normalized spacial score (nSPS) is 11.5. The van der Waals surface area contributed by atoms with Crippen LogP contribution >= 0.6 is 0 Å². The summed E-state index contributed by atoms with van der Waals surface area (Å²) in [6.45, 7) is 1.42. The molecule has 1 amide bonds. The smallest absolute Gasteiger partial charge is 0.326 e. The van der Waals surface area contributed by atoms with Crippen LogP contribution in [0.25, 0.3) is 6.08 Å². The predicted octanol–water partition coefficient (Wildman–Crippen LogP) is 7.54. The van der Waals surface area contributed by atoms with Gasteiger partial charge in [0.1, 0.15) is 11.8 Å². The zero-order chi connectivity index (χ0) is 33.6. The van der Waals surface area contributed by atoms with Gasteiger partial charge in [-0.1, -0.05) is 115 Å². The first-order valence-corrected chi connectivity index (χ1v) is 15.9. The second kappa shape index (κ2) is 17.1. The second-order valence-corrected chi connectivity index (χ2v) is 11.3. The molecule has 48 heavy (non-hydrogen) atoms. The summed E-state index contributed by atoms with van der Waals surface area (Å²) in [6.07, 6.45) is 4.27. The van der Waals surface area contributed by atoms with E-state index in [0.29, 0.717) is 48.7 Å². The van der Waals surface area contributed by atoms with Gasteiger partial charge < -0.3 is 20.1 Å². The molecule has 7 nitrogen and oxygen atoms in total. The third kappa shape index (κ3) is 9.77. The van der Waals surface area contributed by atoms with Crippen molar-refractivity contribution in [1.82, 2.24) is 4.90 Å². The minimum absolute atomic E-state index is 0.0688. The van der Waals surface area contributed by atoms with Crippen molar-refractivity contribution in [3.8, 4) is 5.75 Å². The lowest BCUT2D eigenvalue weighted by Crippen LogP contribution is -2.32. The lowest BCUT2D eigenvalue weighted by Gasteiger charge is -2.21. The van der Waals surface area contributed by atoms with Crippen LogP contribution in [0.5, 0.6) is 5.75 Å². The maximum atomic E-state index is 13.1. The van der Waals surface area contributed by atoms with Crippen LogP contribution in [0.15, 0.2) is 146 Å². The van der Waals surface area contributed by atoms with Gasteiger partial charge in [-0.2, -0.15) is 0 Å². The highest BCUT2D eigenvalue weighted by molar-refractivity contribution is 6.12. The van der Waals surface area contributed by atoms with Gasteiger partial charge in [-0.3, -0.25) is 9.59 Å². The molecule has 1 unspecified atom stereocenters. The lowest BCUT2D eigenvalue weighted by molar-refractivity contribution is -0.137. The minimum Gasteiger partial charge on any atom is -0.494 e. The molecule has 0 aliphatic heterocycles. The van der Waals surface area contributed by atoms with Crippen molar-refractivity contribution < 1.29 is 24.2 Å². The molecule has 0 saturated carbocycles. The van der Waals surface area contributed by atoms with Crippen LogP contribution in [0.2, 0.25) is 0 Å². The Morgan fingerprint density at radius 1 is 0.729 bits per heavy atom. The summed E-state index contributed by atoms with van der Waals surface area (Å²) < 4.78 is 5.98. The number of hydrogen-bond donors (Lipinski definition) is 2. The summed E-state index contributed by atoms with van der Waals surface area (Å²) in [5.41, 5.74) is 4.23. The van der Waals surface area contributed by atoms with Crippen LogP contribution in [-0.2, 0) is 22.6 Å². The van der Waals surface area contributed by atoms with Crippen molar-refractivity contribution >= 4 is 29.4 Å². The van der Waals surface area contributed by atoms with E-state index >= 15 is 0 Å². The molecule has 2 N–H and O–H groups in total. The van der Waals surface area contributed by atoms with Crippen molar-refractivity contribution in [3.05, 3.63) is 173 Å². The molecule has 1 atom stereocenters. The molecule has 5 aromatic carbocycles. The van der Waals surface area contributed by atoms with Crippen LogP contribution in [0.3, 0.4) is 0 Å². The van der Waals surface area contributed by atoms with Gasteiger partial charge in [-0.15, -0.1) is 0 Å². The van der Waals surface area contributed by atoms with Crippen LogP contribution < -0.4 is 10.1 Å². The van der Waals surface area contributed by atoms with E-state index in [-0.39, 0.29) is 18.1 Å². The molecular formula is C41H38N2O5. The topological polar surface area (TPSA) is 95.9 Å². The number of aliphatic carboxylic acids is 1. The van der Waals surface area contributed by atoms with E-state index in [0.717, 1.165) is 16.7 Å². The molecule has 0 aliphatic carbocycles. The number of carbonyl (C=O) groups excluding carboxylic acids is 2. The van der Waals surface area contributed by atoms with E-state index in [2.05, 4.69) is 5.32 Å². The van der Waals surface area contributed by atoms with Crippen molar-refractivity contribution in [2.45, 2.75) is 25.4 Å². The highest BCUT2D eigenvalue weighted by Gasteiger charge is 2.21. The van der Waals surface area contributed by atoms with Crippen molar-refractivity contribution in [1.29, 1.82) is 0 Å². The number of benzene rings is 5. The highest BCUT2D eigenvalue weighted by atomic mass is 16.5. The van der Waals surface area contributed by atoms with Crippen LogP contribution in [-0.4, -0.2) is 46.9 Å². The molecule has 0 aromatic heterocycles. The third-order valence-corrected chi connectivity index (χ3v) is 7.79. The number of hydrogen-bond acceptors (Lipinski definition) is 5. The summed E-state index contributed by atoms with van der Waals surface area (Å²) in [4.78, 5) is 40.3. The zero-order valence-electron chi connectivity index (χ0n) is 26.6. The fourth-order valence-corrected chi connectivity index (χ4v) is 5.25. The van der Waals surface area contributed by atoms with Gasteiger partial charge in [-0.25, -0.2) is 4.79 Å². The molecule has 5 rings (SSSR count). The summed E-state index contributed by atoms with van der Waals surface area (Å²) >= 11 is 0. The Morgan fingerprint density at radius 3 is 2.04 bits per heavy atom. The largest absolute Gasteiger partial charge is 0.494 e. The van der Waals surface area contributed by atoms with E-state index < -0.39 is 12.0 Å². The number of carbonyl (C=O) groups is 3. The Balaban J connectivity index is 1.16. The first-order valence-electron chi connectivity index (χ1n) is 15.9. The average molecular weight is 639 g/mol. The number of anilines is 1. The Hall–Kier alpha value is -5.95. The maximum absolute atomic E-state index is 13.1.